The van der Waals surface area contributed by atoms with Crippen molar-refractivity contribution in [3.63, 3.8) is 0 Å². The molecule has 1 unspecified atom stereocenters. The van der Waals surface area contributed by atoms with Crippen molar-refractivity contribution in [3.05, 3.63) is 29.8 Å². The summed E-state index contributed by atoms with van der Waals surface area (Å²) >= 11 is 0. The van der Waals surface area contributed by atoms with E-state index in [0.29, 0.717) is 24.6 Å². The van der Waals surface area contributed by atoms with Crippen LogP contribution in [-0.4, -0.2) is 46.1 Å². The van der Waals surface area contributed by atoms with Gasteiger partial charge in [-0.3, -0.25) is 0 Å². The van der Waals surface area contributed by atoms with Gasteiger partial charge in [-0.15, -0.1) is 12.4 Å². The van der Waals surface area contributed by atoms with Crippen molar-refractivity contribution < 1.29 is 13.2 Å². The lowest BCUT2D eigenvalue weighted by Gasteiger charge is -2.33. The molecule has 2 heterocycles. The number of ether oxygens (including phenoxy) is 1. The zero-order valence-corrected chi connectivity index (χ0v) is 13.0. The van der Waals surface area contributed by atoms with E-state index < -0.39 is 15.6 Å². The maximum absolute atomic E-state index is 12.7. The van der Waals surface area contributed by atoms with Crippen LogP contribution in [0.4, 0.5) is 0 Å². The molecule has 0 saturated carbocycles. The minimum atomic E-state index is -3.40. The van der Waals surface area contributed by atoms with Gasteiger partial charge < -0.3 is 10.1 Å². The van der Waals surface area contributed by atoms with E-state index in [-0.39, 0.29) is 12.4 Å². The predicted molar refractivity (Wildman–Crippen MR) is 78.6 cm³/mol. The number of nitrogens with zero attached hydrogens (tertiary/aromatic N) is 1. The highest BCUT2D eigenvalue weighted by Crippen LogP contribution is 2.47. The molecule has 1 atom stereocenters. The number of rotatable bonds is 3. The van der Waals surface area contributed by atoms with Crippen LogP contribution >= 0.6 is 12.4 Å². The second kappa shape index (κ2) is 5.61. The molecule has 0 amide bonds. The van der Waals surface area contributed by atoms with Gasteiger partial charge in [0.15, 0.2) is 0 Å². The van der Waals surface area contributed by atoms with Crippen LogP contribution in [-0.2, 0) is 20.3 Å². The fraction of sp³-hybridized carbons (Fsp3) is 0.538. The second-order valence-corrected chi connectivity index (χ2v) is 6.86. The van der Waals surface area contributed by atoms with Crippen molar-refractivity contribution in [2.24, 2.45) is 0 Å². The second-order valence-electron chi connectivity index (χ2n) is 5.02. The summed E-state index contributed by atoms with van der Waals surface area (Å²) in [4.78, 5) is 0.454. The topological polar surface area (TPSA) is 58.6 Å². The average molecular weight is 319 g/mol. The fourth-order valence-corrected chi connectivity index (χ4v) is 5.24. The van der Waals surface area contributed by atoms with Gasteiger partial charge in [0.25, 0.3) is 0 Å². The summed E-state index contributed by atoms with van der Waals surface area (Å²) in [5.41, 5.74) is 0.504. The summed E-state index contributed by atoms with van der Waals surface area (Å²) in [6, 6.07) is 7.34. The maximum atomic E-state index is 12.7. The van der Waals surface area contributed by atoms with Gasteiger partial charge in [0.2, 0.25) is 10.0 Å². The average Bonchev–Trinajstić information content (AvgIpc) is 2.95. The molecular weight excluding hydrogens is 300 g/mol. The molecular formula is C13H19ClN2O3S. The Morgan fingerprint density at radius 3 is 2.80 bits per heavy atom. The number of fused-ring (bicyclic) bond motifs is 2. The standard InChI is InChI=1S/C13H18N2O3S.ClH/c1-18-9-8-15-13(6-7-14-10-13)11-4-2-3-5-12(11)19(15,16)17;/h2-5,14H,6-10H2,1H3;1H. The van der Waals surface area contributed by atoms with E-state index in [0.717, 1.165) is 18.5 Å². The summed E-state index contributed by atoms with van der Waals surface area (Å²) in [5, 5.41) is 3.29. The zero-order valence-electron chi connectivity index (χ0n) is 11.3. The Morgan fingerprint density at radius 2 is 2.15 bits per heavy atom. The molecule has 2 aliphatic rings. The third-order valence-corrected chi connectivity index (χ3v) is 6.09. The molecule has 2 aliphatic heterocycles. The number of halogens is 1. The maximum Gasteiger partial charge on any atom is 0.244 e. The normalized spacial score (nSPS) is 27.4. The van der Waals surface area contributed by atoms with Gasteiger partial charge in [0.05, 0.1) is 17.0 Å². The van der Waals surface area contributed by atoms with Crippen LogP contribution in [0.2, 0.25) is 0 Å². The quantitative estimate of drug-likeness (QED) is 0.901. The largest absolute Gasteiger partial charge is 0.383 e. The first-order chi connectivity index (χ1) is 9.13. The van der Waals surface area contributed by atoms with Crippen LogP contribution in [0.25, 0.3) is 0 Å². The van der Waals surface area contributed by atoms with Crippen molar-refractivity contribution in [1.29, 1.82) is 0 Å². The molecule has 20 heavy (non-hydrogen) atoms. The molecule has 112 valence electrons. The van der Waals surface area contributed by atoms with Crippen molar-refractivity contribution in [3.8, 4) is 0 Å². The van der Waals surface area contributed by atoms with Gasteiger partial charge in [0.1, 0.15) is 0 Å². The molecule has 0 aromatic heterocycles. The summed E-state index contributed by atoms with van der Waals surface area (Å²) in [6.07, 6.45) is 0.812. The lowest BCUT2D eigenvalue weighted by molar-refractivity contribution is 0.138. The highest BCUT2D eigenvalue weighted by atomic mass is 35.5. The Bertz CT molecular complexity index is 585. The van der Waals surface area contributed by atoms with E-state index in [4.69, 9.17) is 4.74 Å². The number of hydrogen-bond donors (Lipinski definition) is 1. The first-order valence-electron chi connectivity index (χ1n) is 6.45. The number of benzene rings is 1. The van der Waals surface area contributed by atoms with Crippen molar-refractivity contribution in [2.45, 2.75) is 16.9 Å². The highest BCUT2D eigenvalue weighted by molar-refractivity contribution is 7.89. The van der Waals surface area contributed by atoms with E-state index >= 15 is 0 Å². The first kappa shape index (κ1) is 15.7. The van der Waals surface area contributed by atoms with Crippen LogP contribution < -0.4 is 5.32 Å². The third kappa shape index (κ3) is 2.07. The molecule has 1 aromatic rings. The molecule has 1 N–H and O–H groups in total. The smallest absolute Gasteiger partial charge is 0.244 e. The van der Waals surface area contributed by atoms with Crippen LogP contribution in [0.15, 0.2) is 29.2 Å². The Hall–Kier alpha value is -0.660. The van der Waals surface area contributed by atoms with Crippen LogP contribution in [0.5, 0.6) is 0 Å². The number of hydrogen-bond acceptors (Lipinski definition) is 4. The predicted octanol–water partition coefficient (Wildman–Crippen LogP) is 0.948. The van der Waals surface area contributed by atoms with E-state index in [9.17, 15) is 8.42 Å². The molecule has 1 aromatic carbocycles. The minimum Gasteiger partial charge on any atom is -0.383 e. The number of sulfonamides is 1. The molecule has 0 aliphatic carbocycles. The van der Waals surface area contributed by atoms with Gasteiger partial charge in [-0.25, -0.2) is 8.42 Å². The van der Waals surface area contributed by atoms with E-state index in [1.54, 1.807) is 23.5 Å². The molecule has 0 radical (unpaired) electrons. The van der Waals surface area contributed by atoms with Gasteiger partial charge in [-0.05, 0) is 24.6 Å². The minimum absolute atomic E-state index is 0. The fourth-order valence-electron chi connectivity index (χ4n) is 3.19. The lowest BCUT2D eigenvalue weighted by atomic mass is 9.89. The Kier molecular flexibility index (Phi) is 4.41. The van der Waals surface area contributed by atoms with Crippen molar-refractivity contribution >= 4 is 22.4 Å². The monoisotopic (exact) mass is 318 g/mol. The number of methoxy groups -OCH3 is 1. The molecule has 7 heteroatoms. The van der Waals surface area contributed by atoms with Crippen LogP contribution in [0.1, 0.15) is 12.0 Å². The third-order valence-electron chi connectivity index (χ3n) is 4.07. The summed E-state index contributed by atoms with van der Waals surface area (Å²) < 4.78 is 32.1. The Morgan fingerprint density at radius 1 is 1.40 bits per heavy atom. The van der Waals surface area contributed by atoms with Gasteiger partial charge in [-0.1, -0.05) is 18.2 Å². The summed E-state index contributed by atoms with van der Waals surface area (Å²) in [7, 11) is -1.80. The SMILES string of the molecule is COCCN1C2(CCNC2)c2ccccc2S1(=O)=O.Cl. The molecule has 1 saturated heterocycles. The van der Waals surface area contributed by atoms with Crippen LogP contribution in [0, 0.1) is 0 Å². The molecule has 1 spiro atoms. The van der Waals surface area contributed by atoms with Crippen LogP contribution in [0.3, 0.4) is 0 Å². The molecule has 0 bridgehead atoms. The first-order valence-corrected chi connectivity index (χ1v) is 7.89. The molecule has 5 nitrogen and oxygen atoms in total. The highest BCUT2D eigenvalue weighted by Gasteiger charge is 2.54. The number of nitrogens with one attached hydrogen (secondary N) is 1. The van der Waals surface area contributed by atoms with Crippen molar-refractivity contribution in [1.82, 2.24) is 9.62 Å². The summed E-state index contributed by atoms with van der Waals surface area (Å²) in [5.74, 6) is 0. The Balaban J connectivity index is 0.00000147. The lowest BCUT2D eigenvalue weighted by Crippen LogP contribution is -2.46. The van der Waals surface area contributed by atoms with Gasteiger partial charge in [0, 0.05) is 20.2 Å². The van der Waals surface area contributed by atoms with Crippen molar-refractivity contribution in [2.75, 3.05) is 33.4 Å². The molecule has 1 fully saturated rings. The zero-order chi connectivity index (χ0) is 13.5. The van der Waals surface area contributed by atoms with Gasteiger partial charge >= 0.3 is 0 Å². The van der Waals surface area contributed by atoms with E-state index in [2.05, 4.69) is 5.32 Å². The van der Waals surface area contributed by atoms with E-state index in [1.165, 1.54) is 0 Å². The van der Waals surface area contributed by atoms with E-state index in [1.807, 2.05) is 12.1 Å². The Labute approximate surface area is 125 Å². The van der Waals surface area contributed by atoms with Gasteiger partial charge in [-0.2, -0.15) is 4.31 Å². The summed E-state index contributed by atoms with van der Waals surface area (Å²) in [6.45, 7) is 2.32. The molecule has 3 rings (SSSR count).